The van der Waals surface area contributed by atoms with Gasteiger partial charge >= 0.3 is 0 Å². The Kier molecular flexibility index (Phi) is 6.94. The van der Waals surface area contributed by atoms with E-state index in [0.29, 0.717) is 47.0 Å². The highest BCUT2D eigenvalue weighted by atomic mass is 16.5. The monoisotopic (exact) mass is 585 g/mol. The fourth-order valence-corrected chi connectivity index (χ4v) is 5.67. The lowest BCUT2D eigenvalue weighted by Crippen LogP contribution is -2.41. The second-order valence-electron chi connectivity index (χ2n) is 10.6. The minimum absolute atomic E-state index is 0.0503. The average molecular weight is 586 g/mol. The van der Waals surface area contributed by atoms with Crippen LogP contribution in [-0.2, 0) is 25.8 Å². The van der Waals surface area contributed by atoms with Crippen LogP contribution in [0.4, 0.5) is 0 Å². The minimum atomic E-state index is -0.408. The molecule has 0 N–H and O–H groups in total. The number of oxazole rings is 1. The molecule has 3 heterocycles. The van der Waals surface area contributed by atoms with Crippen molar-refractivity contribution in [1.82, 2.24) is 19.7 Å². The smallest absolute Gasteiger partial charge is 0.220 e. The van der Waals surface area contributed by atoms with Crippen LogP contribution in [0.2, 0.25) is 0 Å². The lowest BCUT2D eigenvalue weighted by Gasteiger charge is -2.12. The summed E-state index contributed by atoms with van der Waals surface area (Å²) in [5.41, 5.74) is 5.86. The van der Waals surface area contributed by atoms with Crippen molar-refractivity contribution in [2.45, 2.75) is 32.2 Å². The number of nitrogens with zero attached hydrogens (tertiary/aromatic N) is 5. The molecule has 10 heteroatoms. The first-order valence-electron chi connectivity index (χ1n) is 14.4. The van der Waals surface area contributed by atoms with Crippen molar-refractivity contribution in [2.75, 3.05) is 7.11 Å². The molecule has 0 aliphatic heterocycles. The highest BCUT2D eigenvalue weighted by Crippen LogP contribution is 2.35. The molecule has 0 amide bonds. The summed E-state index contributed by atoms with van der Waals surface area (Å²) in [5, 5.41) is 16.4. The largest absolute Gasteiger partial charge is 0.571 e. The Morgan fingerprint density at radius 2 is 1.66 bits per heavy atom. The molecule has 3 aromatic carbocycles. The van der Waals surface area contributed by atoms with Crippen molar-refractivity contribution in [3.05, 3.63) is 130 Å². The molecule has 0 spiro atoms. The van der Waals surface area contributed by atoms with Crippen LogP contribution in [0.25, 0.3) is 22.2 Å². The SMILES string of the molecule is COc1cc2oc(CCc3ccccn3)nc2cc1-c1ccc(CCCn2c3c(n[n+]2[O-])C(=O)c2ccccc2C3=O)cc1. The van der Waals surface area contributed by atoms with E-state index < -0.39 is 5.78 Å². The van der Waals surface area contributed by atoms with E-state index in [1.165, 1.54) is 4.68 Å². The molecular weight excluding hydrogens is 558 g/mol. The third-order valence-corrected chi connectivity index (χ3v) is 7.90. The number of hydrogen-bond donors (Lipinski definition) is 0. The molecule has 0 fully saturated rings. The number of carbonyl (C=O) groups is 2. The number of methoxy groups -OCH3 is 1. The lowest BCUT2D eigenvalue weighted by molar-refractivity contribution is -0.749. The van der Waals surface area contributed by atoms with Crippen LogP contribution < -0.4 is 9.70 Å². The molecule has 1 aliphatic carbocycles. The number of ether oxygens (including phenoxy) is 1. The Morgan fingerprint density at radius 3 is 2.41 bits per heavy atom. The molecule has 0 saturated carbocycles. The zero-order valence-corrected chi connectivity index (χ0v) is 23.9. The van der Waals surface area contributed by atoms with Crippen LogP contribution in [0.15, 0.2) is 89.5 Å². The predicted octanol–water partition coefficient (Wildman–Crippen LogP) is 4.92. The highest BCUT2D eigenvalue weighted by molar-refractivity contribution is 6.26. The summed E-state index contributed by atoms with van der Waals surface area (Å²) in [6.07, 6.45) is 4.39. The number of benzene rings is 3. The van der Waals surface area contributed by atoms with Gasteiger partial charge in [-0.1, -0.05) is 54.6 Å². The van der Waals surface area contributed by atoms with Crippen LogP contribution in [0.1, 0.15) is 55.7 Å². The molecule has 0 unspecified atom stereocenters. The van der Waals surface area contributed by atoms with Crippen LogP contribution in [0.5, 0.6) is 5.75 Å². The van der Waals surface area contributed by atoms with Gasteiger partial charge in [-0.15, -0.1) is 4.68 Å². The number of hydrogen-bond acceptors (Lipinski definition) is 8. The zero-order chi connectivity index (χ0) is 30.2. The van der Waals surface area contributed by atoms with Gasteiger partial charge < -0.3 is 14.4 Å². The first kappa shape index (κ1) is 27.2. The Hall–Kier alpha value is -5.64. The van der Waals surface area contributed by atoms with E-state index in [4.69, 9.17) is 14.1 Å². The number of rotatable bonds is 9. The van der Waals surface area contributed by atoms with E-state index in [2.05, 4.69) is 10.1 Å². The first-order chi connectivity index (χ1) is 21.5. The van der Waals surface area contributed by atoms with Gasteiger partial charge in [0.1, 0.15) is 11.3 Å². The number of fused-ring (bicyclic) bond motifs is 3. The zero-order valence-electron chi connectivity index (χ0n) is 23.9. The molecule has 7 rings (SSSR count). The fourth-order valence-electron chi connectivity index (χ4n) is 5.67. The fraction of sp³-hybridized carbons (Fsp3) is 0.176. The maximum absolute atomic E-state index is 13.1. The maximum atomic E-state index is 13.1. The van der Waals surface area contributed by atoms with Crippen LogP contribution >= 0.6 is 0 Å². The predicted molar refractivity (Wildman–Crippen MR) is 160 cm³/mol. The van der Waals surface area contributed by atoms with Gasteiger partial charge in [0.15, 0.2) is 17.2 Å². The van der Waals surface area contributed by atoms with E-state index >= 15 is 0 Å². The van der Waals surface area contributed by atoms with Gasteiger partial charge in [-0.05, 0) is 48.6 Å². The van der Waals surface area contributed by atoms with E-state index in [9.17, 15) is 14.8 Å². The number of pyridine rings is 1. The third-order valence-electron chi connectivity index (χ3n) is 7.90. The molecule has 0 saturated heterocycles. The summed E-state index contributed by atoms with van der Waals surface area (Å²) in [6.45, 7) is 0.244. The van der Waals surface area contributed by atoms with Crippen LogP contribution in [0.3, 0.4) is 0 Å². The van der Waals surface area contributed by atoms with Crippen molar-refractivity contribution in [3.63, 3.8) is 0 Å². The topological polar surface area (TPSA) is 127 Å². The van der Waals surface area contributed by atoms with Crippen molar-refractivity contribution >= 4 is 22.7 Å². The summed E-state index contributed by atoms with van der Waals surface area (Å²) in [5.74, 6) is 0.562. The quantitative estimate of drug-likeness (QED) is 0.173. The van der Waals surface area contributed by atoms with Gasteiger partial charge in [-0.3, -0.25) is 14.6 Å². The molecule has 6 aromatic rings. The summed E-state index contributed by atoms with van der Waals surface area (Å²) in [6, 6.07) is 24.4. The van der Waals surface area contributed by atoms with Crippen LogP contribution in [0, 0.1) is 5.21 Å². The molecule has 218 valence electrons. The first-order valence-corrected chi connectivity index (χ1v) is 14.4. The van der Waals surface area contributed by atoms with E-state index in [0.717, 1.165) is 34.3 Å². The number of ketones is 2. The standard InChI is InChI=1S/C34H27N5O5/c1-43-28-20-29-27(36-30(44-29)16-15-23-8-4-5-17-35-23)19-26(28)22-13-11-21(12-14-22)7-6-18-38-32-31(37-39(38)42)33(40)24-9-2-3-10-25(24)34(32)41/h2-5,8-14,17,19-20H,6-7,15-16,18H2,1H3. The number of aryl methyl sites for hydroxylation is 3. The Labute approximate surface area is 252 Å². The molecule has 0 bridgehead atoms. The van der Waals surface area contributed by atoms with Crippen molar-refractivity contribution in [3.8, 4) is 16.9 Å². The Bertz CT molecular complexity index is 2030. The second kappa shape index (κ2) is 11.2. The molecule has 10 nitrogen and oxygen atoms in total. The molecule has 44 heavy (non-hydrogen) atoms. The number of carbonyl (C=O) groups excluding carboxylic acids is 2. The molecule has 0 radical (unpaired) electrons. The summed E-state index contributed by atoms with van der Waals surface area (Å²) >= 11 is 0. The maximum Gasteiger partial charge on any atom is 0.220 e. The highest BCUT2D eigenvalue weighted by Gasteiger charge is 2.38. The molecule has 3 aromatic heterocycles. The van der Waals surface area contributed by atoms with Crippen molar-refractivity contribution in [2.24, 2.45) is 0 Å². The summed E-state index contributed by atoms with van der Waals surface area (Å²) in [4.78, 5) is 35.4. The van der Waals surface area contributed by atoms with Gasteiger partial charge in [0, 0.05) is 51.1 Å². The number of aromatic nitrogens is 5. The van der Waals surface area contributed by atoms with E-state index in [1.807, 2.05) is 54.6 Å². The van der Waals surface area contributed by atoms with Gasteiger partial charge in [0.2, 0.25) is 17.3 Å². The Balaban J connectivity index is 1.05. The van der Waals surface area contributed by atoms with Gasteiger partial charge in [0.05, 0.1) is 13.7 Å². The third kappa shape index (κ3) is 4.90. The summed E-state index contributed by atoms with van der Waals surface area (Å²) in [7, 11) is 1.63. The normalized spacial score (nSPS) is 12.4. The minimum Gasteiger partial charge on any atom is -0.571 e. The molecular formula is C34H27N5O5. The van der Waals surface area contributed by atoms with Crippen LogP contribution in [-0.4, -0.2) is 38.4 Å². The molecule has 1 aliphatic rings. The Morgan fingerprint density at radius 1 is 0.886 bits per heavy atom. The van der Waals surface area contributed by atoms with E-state index in [1.54, 1.807) is 37.6 Å². The second-order valence-corrected chi connectivity index (χ2v) is 10.6. The average Bonchev–Trinajstić information content (AvgIpc) is 3.62. The van der Waals surface area contributed by atoms with E-state index in [-0.39, 0.29) is 29.3 Å². The van der Waals surface area contributed by atoms with Gasteiger partial charge in [-0.2, -0.15) is 0 Å². The summed E-state index contributed by atoms with van der Waals surface area (Å²) < 4.78 is 12.9. The van der Waals surface area contributed by atoms with Crippen molar-refractivity contribution in [1.29, 1.82) is 0 Å². The van der Waals surface area contributed by atoms with Crippen molar-refractivity contribution < 1.29 is 23.7 Å². The van der Waals surface area contributed by atoms with Gasteiger partial charge in [-0.25, -0.2) is 4.98 Å². The lowest BCUT2D eigenvalue weighted by atomic mass is 9.90. The molecule has 0 atom stereocenters. The van der Waals surface area contributed by atoms with Gasteiger partial charge in [0.25, 0.3) is 0 Å².